The third-order valence-corrected chi connectivity index (χ3v) is 7.87. The van der Waals surface area contributed by atoms with E-state index >= 15 is 0 Å². The minimum Gasteiger partial charge on any atom is -0.460 e. The molecule has 3 aromatic rings. The van der Waals surface area contributed by atoms with Crippen molar-refractivity contribution < 1.29 is 18.7 Å². The molecule has 0 fully saturated rings. The predicted octanol–water partition coefficient (Wildman–Crippen LogP) is 2.75. The number of halogens is 1. The van der Waals surface area contributed by atoms with Crippen LogP contribution < -0.4 is 16.2 Å². The number of hydrogen-bond acceptors (Lipinski definition) is 6. The molecule has 0 spiro atoms. The number of nitrogens with one attached hydrogen (secondary N) is 2. The summed E-state index contributed by atoms with van der Waals surface area (Å²) >= 11 is 0. The van der Waals surface area contributed by atoms with Crippen LogP contribution in [-0.2, 0) is 33.9 Å². The average Bonchev–Trinajstić information content (AvgIpc) is 3.22. The lowest BCUT2D eigenvalue weighted by Gasteiger charge is -2.29. The van der Waals surface area contributed by atoms with Gasteiger partial charge in [-0.15, -0.1) is 0 Å². The molecular formula is C27H27FN4O4. The van der Waals surface area contributed by atoms with Gasteiger partial charge in [0.1, 0.15) is 12.4 Å². The van der Waals surface area contributed by atoms with Gasteiger partial charge in [-0.1, -0.05) is 6.92 Å². The maximum absolute atomic E-state index is 14.9. The van der Waals surface area contributed by atoms with Gasteiger partial charge in [0.15, 0.2) is 0 Å². The molecule has 1 aromatic carbocycles. The first kappa shape index (κ1) is 22.8. The number of likely N-dealkylation sites (N-methyl/N-ethyl adjacent to an activating group) is 1. The van der Waals surface area contributed by atoms with Gasteiger partial charge >= 0.3 is 5.97 Å². The Hall–Kier alpha value is -3.59. The van der Waals surface area contributed by atoms with Crippen LogP contribution in [0.1, 0.15) is 65.1 Å². The summed E-state index contributed by atoms with van der Waals surface area (Å²) in [6, 6.07) is 3.04. The smallest absolute Gasteiger partial charge is 0.313 e. The third kappa shape index (κ3) is 3.15. The molecule has 9 heteroatoms. The summed E-state index contributed by atoms with van der Waals surface area (Å²) in [5, 5.41) is 6.87. The van der Waals surface area contributed by atoms with Crippen LogP contribution in [0.5, 0.6) is 0 Å². The minimum absolute atomic E-state index is 0.0420. The fourth-order valence-corrected chi connectivity index (χ4v) is 6.13. The second-order valence-electron chi connectivity index (χ2n) is 9.82. The topological polar surface area (TPSA) is 102 Å². The van der Waals surface area contributed by atoms with Gasteiger partial charge in [0.05, 0.1) is 47.5 Å². The molecule has 36 heavy (non-hydrogen) atoms. The van der Waals surface area contributed by atoms with Crippen LogP contribution in [0.25, 0.3) is 22.3 Å². The number of fused-ring (bicyclic) bond motifs is 5. The molecule has 0 unspecified atom stereocenters. The summed E-state index contributed by atoms with van der Waals surface area (Å²) < 4.78 is 21.9. The molecule has 1 amide bonds. The van der Waals surface area contributed by atoms with E-state index in [0.29, 0.717) is 59.4 Å². The van der Waals surface area contributed by atoms with Crippen LogP contribution >= 0.6 is 0 Å². The largest absolute Gasteiger partial charge is 0.460 e. The van der Waals surface area contributed by atoms with Crippen molar-refractivity contribution in [3.8, 4) is 11.4 Å². The molecule has 1 aliphatic carbocycles. The van der Waals surface area contributed by atoms with E-state index < -0.39 is 5.92 Å². The highest BCUT2D eigenvalue weighted by atomic mass is 19.1. The highest BCUT2D eigenvalue weighted by Gasteiger charge is 2.37. The molecule has 6 rings (SSSR count). The van der Waals surface area contributed by atoms with E-state index in [9.17, 15) is 18.8 Å². The SMILES string of the molecule is CC[C@H]1C(=O)OCc2c1cc1n(c2=O)Cc2c-1nc1cc(F)c(C)c3c1c2[C@@H](NC(=O)CNC)CC3. The van der Waals surface area contributed by atoms with Crippen LogP contribution in [0.15, 0.2) is 16.9 Å². The zero-order valence-electron chi connectivity index (χ0n) is 20.5. The summed E-state index contributed by atoms with van der Waals surface area (Å²) in [6.07, 6.45) is 1.77. The Labute approximate surface area is 206 Å². The molecule has 3 aliphatic rings. The lowest BCUT2D eigenvalue weighted by Crippen LogP contribution is -2.37. The zero-order chi connectivity index (χ0) is 25.3. The van der Waals surface area contributed by atoms with Gasteiger partial charge in [-0.25, -0.2) is 9.37 Å². The number of cyclic esters (lactones) is 1. The summed E-state index contributed by atoms with van der Waals surface area (Å²) in [6.45, 7) is 4.10. The van der Waals surface area contributed by atoms with Crippen molar-refractivity contribution in [3.63, 3.8) is 0 Å². The number of carbonyl (C=O) groups excluding carboxylic acids is 2. The van der Waals surface area contributed by atoms with Crippen molar-refractivity contribution in [1.82, 2.24) is 20.2 Å². The Morgan fingerprint density at radius 2 is 2.06 bits per heavy atom. The van der Waals surface area contributed by atoms with E-state index in [0.717, 1.165) is 22.1 Å². The molecule has 0 saturated heterocycles. The van der Waals surface area contributed by atoms with E-state index in [1.54, 1.807) is 18.5 Å². The van der Waals surface area contributed by atoms with Gasteiger partial charge in [0, 0.05) is 17.0 Å². The van der Waals surface area contributed by atoms with Crippen molar-refractivity contribution in [2.75, 3.05) is 13.6 Å². The number of rotatable bonds is 4. The highest BCUT2D eigenvalue weighted by molar-refractivity contribution is 5.93. The standard InChI is InChI=1S/C27H27FN4O4/c1-4-13-15-7-21-25-16(10-32(21)26(34)17(15)11-36-27(13)35)24-19(30-22(33)9-29-3)6-5-14-12(2)18(28)8-20(31-25)23(14)24/h7-8,13,19,29H,4-6,9-11H2,1-3H3,(H,30,33)/t13-,19+/m1/s1. The second-order valence-corrected chi connectivity index (χ2v) is 9.82. The molecule has 8 nitrogen and oxygen atoms in total. The maximum atomic E-state index is 14.9. The predicted molar refractivity (Wildman–Crippen MR) is 131 cm³/mol. The third-order valence-electron chi connectivity index (χ3n) is 7.87. The normalized spacial score (nSPS) is 19.5. The minimum atomic E-state index is -0.504. The Balaban J connectivity index is 1.62. The van der Waals surface area contributed by atoms with E-state index in [4.69, 9.17) is 9.72 Å². The van der Waals surface area contributed by atoms with Crippen LogP contribution in [0.4, 0.5) is 4.39 Å². The number of carbonyl (C=O) groups is 2. The van der Waals surface area contributed by atoms with Gasteiger partial charge in [-0.2, -0.15) is 0 Å². The quantitative estimate of drug-likeness (QED) is 0.427. The van der Waals surface area contributed by atoms with Crippen molar-refractivity contribution in [3.05, 3.63) is 61.7 Å². The number of nitrogens with zero attached hydrogens (tertiary/aromatic N) is 2. The fourth-order valence-electron chi connectivity index (χ4n) is 6.13. The monoisotopic (exact) mass is 490 g/mol. The number of esters is 1. The van der Waals surface area contributed by atoms with Gasteiger partial charge < -0.3 is 19.9 Å². The number of amides is 1. The Kier molecular flexibility index (Phi) is 5.22. The van der Waals surface area contributed by atoms with E-state index in [1.165, 1.54) is 6.07 Å². The van der Waals surface area contributed by atoms with Crippen LogP contribution in [0.3, 0.4) is 0 Å². The molecule has 0 bridgehead atoms. The highest BCUT2D eigenvalue weighted by Crippen LogP contribution is 2.45. The van der Waals surface area contributed by atoms with E-state index in [2.05, 4.69) is 10.6 Å². The van der Waals surface area contributed by atoms with Gasteiger partial charge in [0.25, 0.3) is 5.56 Å². The molecule has 2 aliphatic heterocycles. The van der Waals surface area contributed by atoms with Crippen LogP contribution in [0, 0.1) is 12.7 Å². The Bertz CT molecular complexity index is 1540. The van der Waals surface area contributed by atoms with Crippen molar-refractivity contribution in [2.24, 2.45) is 0 Å². The van der Waals surface area contributed by atoms with E-state index in [1.807, 2.05) is 13.0 Å². The molecular weight excluding hydrogens is 463 g/mol. The average molecular weight is 491 g/mol. The number of ether oxygens (including phenoxy) is 1. The Morgan fingerprint density at radius 1 is 1.25 bits per heavy atom. The van der Waals surface area contributed by atoms with Gasteiger partial charge in [0.2, 0.25) is 5.91 Å². The number of benzene rings is 1. The van der Waals surface area contributed by atoms with Crippen molar-refractivity contribution in [1.29, 1.82) is 0 Å². The van der Waals surface area contributed by atoms with Gasteiger partial charge in [-0.05, 0) is 61.6 Å². The fraction of sp³-hybridized carbons (Fsp3) is 0.407. The first-order valence-corrected chi connectivity index (χ1v) is 12.4. The number of aromatic nitrogens is 2. The molecule has 2 aromatic heterocycles. The summed E-state index contributed by atoms with van der Waals surface area (Å²) in [5.74, 6) is -1.28. The molecule has 186 valence electrons. The molecule has 0 radical (unpaired) electrons. The first-order valence-electron chi connectivity index (χ1n) is 12.4. The molecule has 0 saturated carbocycles. The summed E-state index contributed by atoms with van der Waals surface area (Å²) in [4.78, 5) is 43.4. The lowest BCUT2D eigenvalue weighted by atomic mass is 9.81. The zero-order valence-corrected chi connectivity index (χ0v) is 20.5. The van der Waals surface area contributed by atoms with Crippen LogP contribution in [0.2, 0.25) is 0 Å². The number of pyridine rings is 2. The summed E-state index contributed by atoms with van der Waals surface area (Å²) in [7, 11) is 1.72. The first-order chi connectivity index (χ1) is 17.3. The van der Waals surface area contributed by atoms with Gasteiger partial charge in [-0.3, -0.25) is 14.4 Å². The molecule has 2 atom stereocenters. The van der Waals surface area contributed by atoms with Crippen molar-refractivity contribution in [2.45, 2.75) is 58.2 Å². The van der Waals surface area contributed by atoms with Crippen LogP contribution in [-0.4, -0.2) is 35.0 Å². The lowest BCUT2D eigenvalue weighted by molar-refractivity contribution is -0.148. The molecule has 4 heterocycles. The number of aryl methyl sites for hydroxylation is 1. The van der Waals surface area contributed by atoms with Crippen molar-refractivity contribution >= 4 is 22.8 Å². The Morgan fingerprint density at radius 3 is 2.81 bits per heavy atom. The number of hydrogen-bond donors (Lipinski definition) is 2. The summed E-state index contributed by atoms with van der Waals surface area (Å²) in [5.41, 5.74) is 5.99. The van der Waals surface area contributed by atoms with E-state index in [-0.39, 0.29) is 42.4 Å². The maximum Gasteiger partial charge on any atom is 0.313 e. The molecule has 2 N–H and O–H groups in total. The second kappa shape index (κ2) is 8.23.